The van der Waals surface area contributed by atoms with E-state index in [1.165, 1.54) is 0 Å². The molecule has 0 bridgehead atoms. The van der Waals surface area contributed by atoms with Crippen molar-refractivity contribution in [3.8, 4) is 11.5 Å². The first-order valence-electron chi connectivity index (χ1n) is 12.0. The molecule has 0 aliphatic rings. The maximum absolute atomic E-state index is 13.5. The number of carbonyl (C=O) groups excluding carboxylic acids is 2. The van der Waals surface area contributed by atoms with Crippen LogP contribution in [0.2, 0.25) is 0 Å². The van der Waals surface area contributed by atoms with Gasteiger partial charge < -0.3 is 23.7 Å². The lowest BCUT2D eigenvalue weighted by atomic mass is 10.0. The van der Waals surface area contributed by atoms with E-state index in [9.17, 15) is 9.59 Å². The lowest BCUT2D eigenvalue weighted by Gasteiger charge is -2.37. The second-order valence-corrected chi connectivity index (χ2v) is 9.44. The molecule has 0 aliphatic heterocycles. The highest BCUT2D eigenvalue weighted by atomic mass is 16.5. The first kappa shape index (κ1) is 27.3. The summed E-state index contributed by atoms with van der Waals surface area (Å²) in [6, 6.07) is 9.42. The second-order valence-electron chi connectivity index (χ2n) is 9.44. The summed E-state index contributed by atoms with van der Waals surface area (Å²) in [6.07, 6.45) is 5.59. The maximum Gasteiger partial charge on any atom is 0.242 e. The zero-order valence-corrected chi connectivity index (χ0v) is 21.6. The zero-order chi connectivity index (χ0) is 25.1. The zero-order valence-electron chi connectivity index (χ0n) is 21.6. The average molecular weight is 473 g/mol. The van der Waals surface area contributed by atoms with E-state index in [4.69, 9.17) is 13.9 Å². The number of furan rings is 1. The van der Waals surface area contributed by atoms with Crippen molar-refractivity contribution in [2.75, 3.05) is 27.3 Å². The van der Waals surface area contributed by atoms with Gasteiger partial charge in [0.25, 0.3) is 0 Å². The summed E-state index contributed by atoms with van der Waals surface area (Å²) in [6.45, 7) is 8.90. The molecular formula is C27H40N2O5. The summed E-state index contributed by atoms with van der Waals surface area (Å²) in [4.78, 5) is 29.9. The van der Waals surface area contributed by atoms with E-state index in [1.54, 1.807) is 30.3 Å². The minimum Gasteiger partial charge on any atom is -0.493 e. The number of ether oxygens (including phenoxy) is 2. The Morgan fingerprint density at radius 3 is 2.32 bits per heavy atom. The van der Waals surface area contributed by atoms with E-state index in [2.05, 4.69) is 6.92 Å². The number of hydrogen-bond donors (Lipinski definition) is 0. The molecule has 0 aliphatic carbocycles. The molecule has 188 valence electrons. The highest BCUT2D eigenvalue weighted by Crippen LogP contribution is 2.28. The highest BCUT2D eigenvalue weighted by Gasteiger charge is 2.30. The van der Waals surface area contributed by atoms with E-state index in [-0.39, 0.29) is 18.4 Å². The van der Waals surface area contributed by atoms with Crippen LogP contribution in [0.15, 0.2) is 41.0 Å². The average Bonchev–Trinajstić information content (AvgIpc) is 3.32. The molecule has 0 fully saturated rings. The molecule has 7 nitrogen and oxygen atoms in total. The lowest BCUT2D eigenvalue weighted by Crippen LogP contribution is -2.51. The van der Waals surface area contributed by atoms with Gasteiger partial charge in [-0.05, 0) is 63.4 Å². The van der Waals surface area contributed by atoms with Gasteiger partial charge in [-0.2, -0.15) is 0 Å². The lowest BCUT2D eigenvalue weighted by molar-refractivity contribution is -0.145. The number of carbonyl (C=O) groups is 2. The molecule has 1 heterocycles. The number of unbranched alkanes of at least 4 members (excludes halogenated alkanes) is 2. The third kappa shape index (κ3) is 8.12. The van der Waals surface area contributed by atoms with Gasteiger partial charge in [-0.15, -0.1) is 0 Å². The van der Waals surface area contributed by atoms with E-state index in [0.29, 0.717) is 43.2 Å². The van der Waals surface area contributed by atoms with E-state index in [1.807, 2.05) is 51.1 Å². The summed E-state index contributed by atoms with van der Waals surface area (Å²) in [7, 11) is 3.21. The molecular weight excluding hydrogens is 432 g/mol. The molecule has 1 aromatic carbocycles. The molecule has 0 unspecified atom stereocenters. The van der Waals surface area contributed by atoms with Crippen LogP contribution in [0.25, 0.3) is 0 Å². The number of benzene rings is 1. The summed E-state index contributed by atoms with van der Waals surface area (Å²) >= 11 is 0. The number of rotatable bonds is 13. The van der Waals surface area contributed by atoms with Crippen LogP contribution in [0, 0.1) is 0 Å². The minimum absolute atomic E-state index is 0.0205. The van der Waals surface area contributed by atoms with Gasteiger partial charge in [-0.3, -0.25) is 9.59 Å². The van der Waals surface area contributed by atoms with Crippen molar-refractivity contribution < 1.29 is 23.5 Å². The Morgan fingerprint density at radius 1 is 1.00 bits per heavy atom. The van der Waals surface area contributed by atoms with Gasteiger partial charge in [0.05, 0.1) is 27.0 Å². The predicted octanol–water partition coefficient (Wildman–Crippen LogP) is 5.08. The molecule has 2 amide bonds. The smallest absolute Gasteiger partial charge is 0.242 e. The van der Waals surface area contributed by atoms with Crippen LogP contribution in [0.1, 0.15) is 64.7 Å². The van der Waals surface area contributed by atoms with Gasteiger partial charge in [-0.1, -0.05) is 25.8 Å². The first-order valence-corrected chi connectivity index (χ1v) is 12.0. The molecule has 0 atom stereocenters. The highest BCUT2D eigenvalue weighted by molar-refractivity contribution is 5.85. The third-order valence-corrected chi connectivity index (χ3v) is 5.80. The number of nitrogens with zero attached hydrogens (tertiary/aromatic N) is 2. The van der Waals surface area contributed by atoms with Crippen LogP contribution in [-0.4, -0.2) is 54.5 Å². The molecule has 2 aromatic rings. The fourth-order valence-corrected chi connectivity index (χ4v) is 3.78. The molecule has 0 N–H and O–H groups in total. The molecule has 0 saturated heterocycles. The van der Waals surface area contributed by atoms with Crippen molar-refractivity contribution in [1.29, 1.82) is 0 Å². The van der Waals surface area contributed by atoms with E-state index in [0.717, 1.165) is 24.8 Å². The van der Waals surface area contributed by atoms with Crippen LogP contribution in [0.3, 0.4) is 0 Å². The molecule has 0 saturated carbocycles. The molecule has 0 spiro atoms. The second kappa shape index (κ2) is 13.1. The van der Waals surface area contributed by atoms with Crippen molar-refractivity contribution in [3.05, 3.63) is 47.9 Å². The van der Waals surface area contributed by atoms with Crippen LogP contribution < -0.4 is 9.47 Å². The standard InChI is InChI=1S/C27H40N2O5/c1-7-8-9-12-25(30)29(27(2,3)4)20-26(31)28(19-22-11-10-17-34-22)16-15-21-13-14-23(32-5)24(18-21)33-6/h10-11,13-14,17-18H,7-9,12,15-16,19-20H2,1-6H3. The summed E-state index contributed by atoms with van der Waals surface area (Å²) in [5.41, 5.74) is 0.580. The Balaban J connectivity index is 2.16. The normalized spacial score (nSPS) is 11.2. The fourth-order valence-electron chi connectivity index (χ4n) is 3.78. The Labute approximate surface area is 204 Å². The SMILES string of the molecule is CCCCCC(=O)N(CC(=O)N(CCc1ccc(OC)c(OC)c1)Cc1ccco1)C(C)(C)C. The largest absolute Gasteiger partial charge is 0.493 e. The molecule has 1 aromatic heterocycles. The van der Waals surface area contributed by atoms with Crippen molar-refractivity contribution in [1.82, 2.24) is 9.80 Å². The third-order valence-electron chi connectivity index (χ3n) is 5.80. The predicted molar refractivity (Wildman–Crippen MR) is 133 cm³/mol. The van der Waals surface area contributed by atoms with Gasteiger partial charge in [0, 0.05) is 18.5 Å². The summed E-state index contributed by atoms with van der Waals surface area (Å²) < 4.78 is 16.2. The molecule has 0 radical (unpaired) electrons. The Morgan fingerprint density at radius 2 is 1.74 bits per heavy atom. The fraction of sp³-hybridized carbons (Fsp3) is 0.556. The van der Waals surface area contributed by atoms with Crippen LogP contribution >= 0.6 is 0 Å². The monoisotopic (exact) mass is 472 g/mol. The Kier molecular flexibility index (Phi) is 10.5. The number of amides is 2. The quantitative estimate of drug-likeness (QED) is 0.380. The minimum atomic E-state index is -0.446. The van der Waals surface area contributed by atoms with Crippen molar-refractivity contribution in [3.63, 3.8) is 0 Å². The van der Waals surface area contributed by atoms with E-state index >= 15 is 0 Å². The number of methoxy groups -OCH3 is 2. The summed E-state index contributed by atoms with van der Waals surface area (Å²) in [5.74, 6) is 1.94. The molecule has 34 heavy (non-hydrogen) atoms. The van der Waals surface area contributed by atoms with Gasteiger partial charge in [0.15, 0.2) is 11.5 Å². The Hall–Kier alpha value is -2.96. The van der Waals surface area contributed by atoms with Crippen LogP contribution in [-0.2, 0) is 22.6 Å². The van der Waals surface area contributed by atoms with Crippen LogP contribution in [0.5, 0.6) is 11.5 Å². The van der Waals surface area contributed by atoms with Crippen molar-refractivity contribution in [2.24, 2.45) is 0 Å². The summed E-state index contributed by atoms with van der Waals surface area (Å²) in [5, 5.41) is 0. The van der Waals surface area contributed by atoms with Crippen molar-refractivity contribution >= 4 is 11.8 Å². The van der Waals surface area contributed by atoms with Gasteiger partial charge >= 0.3 is 0 Å². The first-order chi connectivity index (χ1) is 16.2. The Bertz CT molecular complexity index is 902. The topological polar surface area (TPSA) is 72.2 Å². The van der Waals surface area contributed by atoms with Gasteiger partial charge in [0.1, 0.15) is 12.3 Å². The van der Waals surface area contributed by atoms with E-state index < -0.39 is 5.54 Å². The molecule has 7 heteroatoms. The number of hydrogen-bond acceptors (Lipinski definition) is 5. The van der Waals surface area contributed by atoms with Gasteiger partial charge in [0.2, 0.25) is 11.8 Å². The molecule has 2 rings (SSSR count). The van der Waals surface area contributed by atoms with Crippen molar-refractivity contribution in [2.45, 2.75) is 71.9 Å². The van der Waals surface area contributed by atoms with Gasteiger partial charge in [-0.25, -0.2) is 0 Å². The van der Waals surface area contributed by atoms with Crippen LogP contribution in [0.4, 0.5) is 0 Å². The maximum atomic E-state index is 13.5.